The Kier molecular flexibility index (Phi) is 6.61. The highest BCUT2D eigenvalue weighted by Crippen LogP contribution is 2.35. The summed E-state index contributed by atoms with van der Waals surface area (Å²) < 4.78 is 109. The molecule has 0 spiro atoms. The van der Waals surface area contributed by atoms with E-state index in [0.717, 1.165) is 12.1 Å². The van der Waals surface area contributed by atoms with Gasteiger partial charge >= 0.3 is 12.4 Å². The molecule has 1 heterocycles. The molecule has 2 atom stereocenters. The highest BCUT2D eigenvalue weighted by molar-refractivity contribution is 7.89. The molecule has 2 aromatic rings. The molecule has 2 aromatic carbocycles. The first kappa shape index (κ1) is 25.8. The first-order valence-electron chi connectivity index (χ1n) is 9.40. The second-order valence-corrected chi connectivity index (χ2v) is 9.41. The van der Waals surface area contributed by atoms with E-state index in [1.54, 1.807) is 0 Å². The zero-order chi connectivity index (χ0) is 25.5. The van der Waals surface area contributed by atoms with Crippen LogP contribution < -0.4 is 4.74 Å². The fourth-order valence-electron chi connectivity index (χ4n) is 3.35. The molecule has 1 aliphatic heterocycles. The van der Waals surface area contributed by atoms with Crippen LogP contribution in [0.25, 0.3) is 0 Å². The number of ether oxygens (including phenoxy) is 1. The number of aliphatic hydroxyl groups is 2. The van der Waals surface area contributed by atoms with Crippen molar-refractivity contribution in [1.82, 2.24) is 4.31 Å². The number of hydrogen-bond acceptors (Lipinski definition) is 6. The maximum absolute atomic E-state index is 13.1. The molecule has 0 unspecified atom stereocenters. The minimum Gasteiger partial charge on any atom is -0.486 e. The molecule has 2 N–H and O–H groups in total. The number of nitriles is 1. The van der Waals surface area contributed by atoms with E-state index in [-0.39, 0.29) is 5.75 Å². The summed E-state index contributed by atoms with van der Waals surface area (Å²) >= 11 is 0. The molecule has 1 saturated heterocycles. The van der Waals surface area contributed by atoms with Gasteiger partial charge in [0.15, 0.2) is 0 Å². The van der Waals surface area contributed by atoms with E-state index in [4.69, 9.17) is 4.74 Å². The Bertz CT molecular complexity index is 1210. The third-order valence-electron chi connectivity index (χ3n) is 5.20. The van der Waals surface area contributed by atoms with E-state index < -0.39 is 75.4 Å². The number of alkyl halides is 6. The number of aliphatic hydroxyl groups excluding tert-OH is 1. The lowest BCUT2D eigenvalue weighted by Gasteiger charge is -2.27. The lowest BCUT2D eigenvalue weighted by molar-refractivity contribution is -0.138. The van der Waals surface area contributed by atoms with Crippen LogP contribution in [0.2, 0.25) is 0 Å². The third-order valence-corrected chi connectivity index (χ3v) is 7.07. The topological polar surface area (TPSA) is 111 Å². The van der Waals surface area contributed by atoms with Gasteiger partial charge in [0.25, 0.3) is 0 Å². The smallest absolute Gasteiger partial charge is 0.416 e. The summed E-state index contributed by atoms with van der Waals surface area (Å²) in [6.07, 6.45) is -10.9. The molecule has 0 aliphatic carbocycles. The molecule has 1 fully saturated rings. The third kappa shape index (κ3) is 4.97. The minimum atomic E-state index is -4.82. The molecule has 7 nitrogen and oxygen atoms in total. The van der Waals surface area contributed by atoms with Gasteiger partial charge in [0, 0.05) is 6.54 Å². The number of hydrogen-bond donors (Lipinski definition) is 2. The Balaban J connectivity index is 1.90. The van der Waals surface area contributed by atoms with Gasteiger partial charge in [-0.25, -0.2) is 8.42 Å². The van der Waals surface area contributed by atoms with Gasteiger partial charge < -0.3 is 14.9 Å². The largest absolute Gasteiger partial charge is 0.486 e. The van der Waals surface area contributed by atoms with Gasteiger partial charge in [-0.3, -0.25) is 0 Å². The molecule has 34 heavy (non-hydrogen) atoms. The van der Waals surface area contributed by atoms with Crippen molar-refractivity contribution in [2.24, 2.45) is 0 Å². The zero-order valence-electron chi connectivity index (χ0n) is 16.9. The van der Waals surface area contributed by atoms with Gasteiger partial charge in [0.1, 0.15) is 23.5 Å². The summed E-state index contributed by atoms with van der Waals surface area (Å²) in [4.78, 5) is -0.751. The molecule has 184 valence electrons. The predicted octanol–water partition coefficient (Wildman–Crippen LogP) is 2.77. The van der Waals surface area contributed by atoms with E-state index in [0.29, 0.717) is 34.6 Å². The van der Waals surface area contributed by atoms with Crippen LogP contribution in [0.5, 0.6) is 5.75 Å². The zero-order valence-corrected chi connectivity index (χ0v) is 17.7. The predicted molar refractivity (Wildman–Crippen MR) is 103 cm³/mol. The standard InChI is InChI=1S/C20H16F6N2O5S/c21-19(22,23)13-1-4-15(5-2-13)33-17-9-28(10-18(17,30)11-29)34(31,32)16-6-3-14(20(24,25)26)7-12(16)8-27/h1-7,17,29-30H,9-11H2/t17-,18+/m0/s1. The highest BCUT2D eigenvalue weighted by atomic mass is 32.2. The first-order chi connectivity index (χ1) is 15.6. The average molecular weight is 510 g/mol. The van der Waals surface area contributed by atoms with Crippen molar-refractivity contribution in [3.63, 3.8) is 0 Å². The Morgan fingerprint density at radius 1 is 1.06 bits per heavy atom. The van der Waals surface area contributed by atoms with Crippen molar-refractivity contribution in [1.29, 1.82) is 5.26 Å². The monoisotopic (exact) mass is 510 g/mol. The molecule has 0 saturated carbocycles. The van der Waals surface area contributed by atoms with Crippen molar-refractivity contribution in [3.05, 3.63) is 59.2 Å². The van der Waals surface area contributed by atoms with Crippen molar-refractivity contribution >= 4 is 10.0 Å². The van der Waals surface area contributed by atoms with Crippen LogP contribution in [0.4, 0.5) is 26.3 Å². The van der Waals surface area contributed by atoms with Crippen molar-refractivity contribution in [2.45, 2.75) is 29.0 Å². The summed E-state index contributed by atoms with van der Waals surface area (Å²) in [5, 5.41) is 29.5. The number of sulfonamides is 1. The SMILES string of the molecule is N#Cc1cc(C(F)(F)F)ccc1S(=O)(=O)N1C[C@H](Oc2ccc(C(F)(F)F)cc2)[C@](O)(CO)C1. The van der Waals surface area contributed by atoms with Crippen molar-refractivity contribution in [2.75, 3.05) is 19.7 Å². The molecular formula is C20H16F6N2O5S. The van der Waals surface area contributed by atoms with Crippen LogP contribution >= 0.6 is 0 Å². The quantitative estimate of drug-likeness (QED) is 0.599. The van der Waals surface area contributed by atoms with E-state index in [1.807, 2.05) is 0 Å². The van der Waals surface area contributed by atoms with E-state index in [2.05, 4.69) is 0 Å². The summed E-state index contributed by atoms with van der Waals surface area (Å²) in [5.41, 5.74) is -5.18. The maximum Gasteiger partial charge on any atom is 0.416 e. The Morgan fingerprint density at radius 2 is 1.62 bits per heavy atom. The van der Waals surface area contributed by atoms with Gasteiger partial charge in [-0.05, 0) is 42.5 Å². The summed E-state index contributed by atoms with van der Waals surface area (Å²) in [6.45, 7) is -2.35. The lowest BCUT2D eigenvalue weighted by Crippen LogP contribution is -2.48. The summed E-state index contributed by atoms with van der Waals surface area (Å²) in [5.74, 6) is -0.156. The second kappa shape index (κ2) is 8.73. The summed E-state index contributed by atoms with van der Waals surface area (Å²) in [7, 11) is -4.63. The van der Waals surface area contributed by atoms with Gasteiger partial charge in [0.2, 0.25) is 10.0 Å². The van der Waals surface area contributed by atoms with Crippen LogP contribution in [0.15, 0.2) is 47.4 Å². The molecular weight excluding hydrogens is 494 g/mol. The number of benzene rings is 2. The van der Waals surface area contributed by atoms with Gasteiger partial charge in [-0.2, -0.15) is 35.9 Å². The van der Waals surface area contributed by atoms with E-state index >= 15 is 0 Å². The number of halogens is 6. The molecule has 3 rings (SSSR count). The van der Waals surface area contributed by atoms with E-state index in [9.17, 15) is 50.2 Å². The first-order valence-corrected chi connectivity index (χ1v) is 10.8. The lowest BCUT2D eigenvalue weighted by atomic mass is 10.0. The average Bonchev–Trinajstić information content (AvgIpc) is 3.10. The maximum atomic E-state index is 13.1. The van der Waals surface area contributed by atoms with Gasteiger partial charge in [0.05, 0.1) is 34.7 Å². The Hall–Kier alpha value is -2.86. The second-order valence-electron chi connectivity index (χ2n) is 7.51. The molecule has 0 aromatic heterocycles. The number of rotatable bonds is 5. The van der Waals surface area contributed by atoms with E-state index in [1.165, 1.54) is 6.07 Å². The molecule has 1 aliphatic rings. The summed E-state index contributed by atoms with van der Waals surface area (Å²) in [6, 6.07) is 6.17. The normalized spacial score (nSPS) is 21.9. The van der Waals surface area contributed by atoms with Crippen LogP contribution in [-0.4, -0.2) is 54.3 Å². The van der Waals surface area contributed by atoms with Crippen molar-refractivity contribution in [3.8, 4) is 11.8 Å². The Morgan fingerprint density at radius 3 is 2.12 bits per heavy atom. The van der Waals surface area contributed by atoms with Crippen LogP contribution in [0, 0.1) is 11.3 Å². The Labute approximate surface area is 189 Å². The van der Waals surface area contributed by atoms with Crippen LogP contribution in [0.3, 0.4) is 0 Å². The number of β-amino-alcohol motifs (C(OH)–C–C–N with tert-alkyl or cyclic N) is 1. The molecule has 14 heteroatoms. The van der Waals surface area contributed by atoms with Gasteiger partial charge in [-0.15, -0.1) is 0 Å². The molecule has 0 bridgehead atoms. The van der Waals surface area contributed by atoms with Crippen LogP contribution in [-0.2, 0) is 22.4 Å². The van der Waals surface area contributed by atoms with Crippen molar-refractivity contribution < 1.29 is 49.7 Å². The fourth-order valence-corrected chi connectivity index (χ4v) is 4.98. The van der Waals surface area contributed by atoms with Gasteiger partial charge in [-0.1, -0.05) is 0 Å². The molecule has 0 amide bonds. The number of nitrogens with zero attached hydrogens (tertiary/aromatic N) is 2. The highest BCUT2D eigenvalue weighted by Gasteiger charge is 2.51. The molecule has 0 radical (unpaired) electrons. The minimum absolute atomic E-state index is 0.156. The fraction of sp³-hybridized carbons (Fsp3) is 0.350. The van der Waals surface area contributed by atoms with Crippen LogP contribution in [0.1, 0.15) is 16.7 Å².